The van der Waals surface area contributed by atoms with Gasteiger partial charge >= 0.3 is 0 Å². The van der Waals surface area contributed by atoms with Crippen molar-refractivity contribution in [1.82, 2.24) is 0 Å². The first-order valence-electron chi connectivity index (χ1n) is 9.85. The van der Waals surface area contributed by atoms with Crippen molar-refractivity contribution in [2.45, 2.75) is 45.6 Å². The fraction of sp³-hybridized carbons (Fsp3) is 0.292. The highest BCUT2D eigenvalue weighted by Crippen LogP contribution is 2.34. The Labute approximate surface area is 161 Å². The van der Waals surface area contributed by atoms with Gasteiger partial charge in [-0.2, -0.15) is 0 Å². The fourth-order valence-electron chi connectivity index (χ4n) is 3.90. The Bertz CT molecular complexity index is 976. The van der Waals surface area contributed by atoms with Crippen LogP contribution in [0.3, 0.4) is 0 Å². The molecule has 3 heteroatoms. The second-order valence-electron chi connectivity index (χ2n) is 7.49. The fourth-order valence-corrected chi connectivity index (χ4v) is 3.90. The first-order chi connectivity index (χ1) is 13.2. The van der Waals surface area contributed by atoms with Crippen molar-refractivity contribution >= 4 is 22.4 Å². The Morgan fingerprint density at radius 3 is 2.52 bits per heavy atom. The van der Waals surface area contributed by atoms with Gasteiger partial charge in [-0.05, 0) is 58.9 Å². The molecule has 3 N–H and O–H groups in total. The molecule has 0 radical (unpaired) electrons. The van der Waals surface area contributed by atoms with E-state index in [2.05, 4.69) is 78.8 Å². The molecule has 0 bridgehead atoms. The van der Waals surface area contributed by atoms with Gasteiger partial charge < -0.3 is 11.1 Å². The number of anilines is 1. The van der Waals surface area contributed by atoms with Crippen LogP contribution in [0.15, 0.2) is 59.6 Å². The van der Waals surface area contributed by atoms with Gasteiger partial charge in [0.1, 0.15) is 0 Å². The van der Waals surface area contributed by atoms with E-state index in [1.165, 1.54) is 33.0 Å². The quantitative estimate of drug-likeness (QED) is 0.476. The van der Waals surface area contributed by atoms with E-state index in [9.17, 15) is 0 Å². The van der Waals surface area contributed by atoms with Gasteiger partial charge in [0.05, 0.1) is 6.54 Å². The maximum atomic E-state index is 6.17. The molecule has 1 unspecified atom stereocenters. The maximum Gasteiger partial charge on any atom is 0.193 e. The standard InChI is InChI=1S/C24H27N3/c1-3-16(2)18-9-7-17(8-10-18)15-26-24(25)27-22-14-13-20-12-11-19-5-4-6-21(22)23(19)20/h4-10,13-14,16H,3,11-12,15H2,1-2H3,(H3,25,26,27). The molecule has 0 spiro atoms. The summed E-state index contributed by atoms with van der Waals surface area (Å²) >= 11 is 0. The number of benzene rings is 3. The summed E-state index contributed by atoms with van der Waals surface area (Å²) in [5.74, 6) is 1.05. The highest BCUT2D eigenvalue weighted by Gasteiger charge is 2.15. The average Bonchev–Trinajstić information content (AvgIpc) is 3.13. The second-order valence-corrected chi connectivity index (χ2v) is 7.49. The minimum Gasteiger partial charge on any atom is -0.370 e. The summed E-state index contributed by atoms with van der Waals surface area (Å²) in [5, 5.41) is 5.92. The lowest BCUT2D eigenvalue weighted by molar-refractivity contribution is 0.733. The van der Waals surface area contributed by atoms with E-state index in [0.717, 1.165) is 24.9 Å². The number of nitrogens with one attached hydrogen (secondary N) is 1. The van der Waals surface area contributed by atoms with Gasteiger partial charge in [0.25, 0.3) is 0 Å². The molecule has 138 valence electrons. The molecule has 0 aromatic heterocycles. The van der Waals surface area contributed by atoms with E-state index in [0.29, 0.717) is 18.4 Å². The van der Waals surface area contributed by atoms with Gasteiger partial charge in [-0.25, -0.2) is 4.99 Å². The van der Waals surface area contributed by atoms with Crippen LogP contribution < -0.4 is 11.1 Å². The SMILES string of the molecule is CCC(C)c1ccc(CN=C(N)Nc2ccc3c4c(cccc24)CC3)cc1. The molecule has 1 atom stereocenters. The van der Waals surface area contributed by atoms with Gasteiger partial charge in [0, 0.05) is 11.1 Å². The van der Waals surface area contributed by atoms with Crippen LogP contribution in [0.1, 0.15) is 48.4 Å². The molecule has 0 saturated carbocycles. The van der Waals surface area contributed by atoms with Crippen LogP contribution >= 0.6 is 0 Å². The monoisotopic (exact) mass is 357 g/mol. The number of nitrogens with zero attached hydrogens (tertiary/aromatic N) is 1. The van der Waals surface area contributed by atoms with Crippen LogP contribution in [0, 0.1) is 0 Å². The smallest absolute Gasteiger partial charge is 0.193 e. The zero-order valence-corrected chi connectivity index (χ0v) is 16.1. The molecular formula is C24H27N3. The highest BCUT2D eigenvalue weighted by molar-refractivity contribution is 6.05. The summed E-state index contributed by atoms with van der Waals surface area (Å²) < 4.78 is 0. The van der Waals surface area contributed by atoms with Gasteiger partial charge in [-0.3, -0.25) is 0 Å². The largest absolute Gasteiger partial charge is 0.370 e. The maximum absolute atomic E-state index is 6.17. The van der Waals surface area contributed by atoms with Crippen molar-refractivity contribution in [2.75, 3.05) is 5.32 Å². The first-order valence-corrected chi connectivity index (χ1v) is 9.85. The Morgan fingerprint density at radius 2 is 1.78 bits per heavy atom. The van der Waals surface area contributed by atoms with Crippen molar-refractivity contribution in [3.63, 3.8) is 0 Å². The van der Waals surface area contributed by atoms with Crippen molar-refractivity contribution in [3.05, 3.63) is 76.9 Å². The molecule has 3 aromatic carbocycles. The third kappa shape index (κ3) is 3.55. The van der Waals surface area contributed by atoms with Gasteiger partial charge in [-0.1, -0.05) is 62.4 Å². The van der Waals surface area contributed by atoms with Crippen LogP contribution in [-0.2, 0) is 19.4 Å². The minimum absolute atomic E-state index is 0.458. The molecule has 3 aromatic rings. The zero-order chi connectivity index (χ0) is 18.8. The number of hydrogen-bond acceptors (Lipinski definition) is 1. The molecule has 3 nitrogen and oxygen atoms in total. The lowest BCUT2D eigenvalue weighted by Crippen LogP contribution is -2.22. The first kappa shape index (κ1) is 17.6. The number of hydrogen-bond donors (Lipinski definition) is 2. The van der Waals surface area contributed by atoms with E-state index in [1.807, 2.05) is 0 Å². The minimum atomic E-state index is 0.458. The number of aliphatic imine (C=N–C) groups is 1. The van der Waals surface area contributed by atoms with Crippen molar-refractivity contribution < 1.29 is 0 Å². The number of guanidine groups is 1. The third-order valence-corrected chi connectivity index (χ3v) is 5.73. The summed E-state index contributed by atoms with van der Waals surface area (Å²) in [6.45, 7) is 5.06. The topological polar surface area (TPSA) is 50.4 Å². The number of aryl methyl sites for hydroxylation is 2. The molecule has 0 amide bonds. The molecule has 4 rings (SSSR count). The third-order valence-electron chi connectivity index (χ3n) is 5.73. The Kier molecular flexibility index (Phi) is 4.85. The number of nitrogens with two attached hydrogens (primary N) is 1. The highest BCUT2D eigenvalue weighted by atomic mass is 15.1. The summed E-state index contributed by atoms with van der Waals surface area (Å²) in [4.78, 5) is 4.53. The van der Waals surface area contributed by atoms with Crippen LogP contribution in [-0.4, -0.2) is 5.96 Å². The van der Waals surface area contributed by atoms with E-state index in [4.69, 9.17) is 5.73 Å². The molecule has 27 heavy (non-hydrogen) atoms. The second kappa shape index (κ2) is 7.43. The molecule has 1 aliphatic carbocycles. The number of rotatable bonds is 5. The lowest BCUT2D eigenvalue weighted by atomic mass is 9.98. The Hall–Kier alpha value is -2.81. The van der Waals surface area contributed by atoms with Crippen molar-refractivity contribution in [2.24, 2.45) is 10.7 Å². The average molecular weight is 358 g/mol. The van der Waals surface area contributed by atoms with Crippen molar-refractivity contribution in [3.8, 4) is 0 Å². The Balaban J connectivity index is 1.50. The van der Waals surface area contributed by atoms with Crippen molar-refractivity contribution in [1.29, 1.82) is 0 Å². The van der Waals surface area contributed by atoms with Crippen LogP contribution in [0.25, 0.3) is 10.8 Å². The normalized spacial score (nSPS) is 14.5. The van der Waals surface area contributed by atoms with E-state index in [-0.39, 0.29) is 0 Å². The summed E-state index contributed by atoms with van der Waals surface area (Å²) in [6, 6.07) is 19.6. The van der Waals surface area contributed by atoms with Gasteiger partial charge in [-0.15, -0.1) is 0 Å². The summed E-state index contributed by atoms with van der Waals surface area (Å²) in [5.41, 5.74) is 12.6. The van der Waals surface area contributed by atoms with E-state index in [1.54, 1.807) is 0 Å². The molecule has 0 saturated heterocycles. The predicted octanol–water partition coefficient (Wildman–Crippen LogP) is 5.38. The molecule has 1 aliphatic rings. The molecule has 0 aliphatic heterocycles. The predicted molar refractivity (Wildman–Crippen MR) is 115 cm³/mol. The summed E-state index contributed by atoms with van der Waals surface area (Å²) in [7, 11) is 0. The zero-order valence-electron chi connectivity index (χ0n) is 16.1. The van der Waals surface area contributed by atoms with Crippen LogP contribution in [0.5, 0.6) is 0 Å². The molecular weight excluding hydrogens is 330 g/mol. The van der Waals surface area contributed by atoms with Crippen LogP contribution in [0.4, 0.5) is 5.69 Å². The van der Waals surface area contributed by atoms with E-state index < -0.39 is 0 Å². The van der Waals surface area contributed by atoms with E-state index >= 15 is 0 Å². The van der Waals surface area contributed by atoms with Gasteiger partial charge in [0.2, 0.25) is 0 Å². The Morgan fingerprint density at radius 1 is 1.04 bits per heavy atom. The lowest BCUT2D eigenvalue weighted by Gasteiger charge is -2.11. The molecule has 0 heterocycles. The van der Waals surface area contributed by atoms with Gasteiger partial charge in [0.15, 0.2) is 5.96 Å². The summed E-state index contributed by atoms with van der Waals surface area (Å²) in [6.07, 6.45) is 3.42. The molecule has 0 fully saturated rings. The van der Waals surface area contributed by atoms with Crippen LogP contribution in [0.2, 0.25) is 0 Å².